The van der Waals surface area contributed by atoms with Crippen LogP contribution in [0.15, 0.2) is 40.9 Å². The molecule has 27 heavy (non-hydrogen) atoms. The van der Waals surface area contributed by atoms with E-state index in [2.05, 4.69) is 16.4 Å². The zero-order valence-electron chi connectivity index (χ0n) is 14.9. The number of amides is 1. The quantitative estimate of drug-likeness (QED) is 0.548. The number of aryl methyl sites for hydroxylation is 1. The molecule has 2 aromatic heterocycles. The molecule has 0 radical (unpaired) electrons. The Morgan fingerprint density at radius 3 is 2.93 bits per heavy atom. The lowest BCUT2D eigenvalue weighted by Crippen LogP contribution is -2.26. The Morgan fingerprint density at radius 1 is 1.33 bits per heavy atom. The van der Waals surface area contributed by atoms with E-state index in [1.165, 1.54) is 0 Å². The predicted molar refractivity (Wildman–Crippen MR) is 98.5 cm³/mol. The summed E-state index contributed by atoms with van der Waals surface area (Å²) in [5.41, 5.74) is 2.62. The summed E-state index contributed by atoms with van der Waals surface area (Å²) in [6.45, 7) is 2.22. The van der Waals surface area contributed by atoms with Crippen molar-refractivity contribution >= 4 is 16.8 Å². The largest absolute Gasteiger partial charge is 0.463 e. The smallest absolute Gasteiger partial charge is 0.254 e. The highest BCUT2D eigenvalue weighted by Gasteiger charge is 2.38. The van der Waals surface area contributed by atoms with Gasteiger partial charge in [0.05, 0.1) is 12.2 Å². The number of H-pyrrole nitrogens is 1. The van der Waals surface area contributed by atoms with Crippen molar-refractivity contribution in [2.45, 2.75) is 31.7 Å². The molecule has 1 saturated heterocycles. The molecule has 0 aliphatic carbocycles. The number of fused-ring (bicyclic) bond motifs is 1. The topological polar surface area (TPSA) is 108 Å². The summed E-state index contributed by atoms with van der Waals surface area (Å²) < 4.78 is 10.9. The summed E-state index contributed by atoms with van der Waals surface area (Å²) in [5, 5.41) is 23.6. The van der Waals surface area contributed by atoms with Crippen LogP contribution in [0, 0.1) is 6.92 Å². The molecule has 3 aromatic rings. The molecular formula is C20H22N2O5. The third-order valence-corrected chi connectivity index (χ3v) is 4.97. The number of carbonyl (C=O) groups is 1. The summed E-state index contributed by atoms with van der Waals surface area (Å²) in [7, 11) is 0. The van der Waals surface area contributed by atoms with Crippen LogP contribution in [0.2, 0.25) is 0 Å². The molecule has 1 amide bonds. The Balaban J connectivity index is 1.40. The third kappa shape index (κ3) is 3.37. The highest BCUT2D eigenvalue weighted by atomic mass is 16.5. The maximum Gasteiger partial charge on any atom is 0.254 e. The van der Waals surface area contributed by atoms with Crippen molar-refractivity contribution < 1.29 is 24.2 Å². The minimum Gasteiger partial charge on any atom is -0.463 e. The minimum absolute atomic E-state index is 0.0394. The Kier molecular flexibility index (Phi) is 4.73. The number of benzene rings is 1. The van der Waals surface area contributed by atoms with Gasteiger partial charge in [0.25, 0.3) is 5.91 Å². The number of aliphatic hydroxyl groups is 2. The van der Waals surface area contributed by atoms with Gasteiger partial charge in [0.15, 0.2) is 0 Å². The SMILES string of the molecule is Cc1oc([C@@H]2OC[C@@H](O)[C@H]2O)cc1C(=O)NCCc1c[nH]c2ccccc12. The molecule has 0 spiro atoms. The Bertz CT molecular complexity index is 960. The molecule has 1 aliphatic heterocycles. The monoisotopic (exact) mass is 370 g/mol. The lowest BCUT2D eigenvalue weighted by Gasteiger charge is -2.11. The second-order valence-corrected chi connectivity index (χ2v) is 6.80. The van der Waals surface area contributed by atoms with E-state index in [1.807, 2.05) is 24.4 Å². The lowest BCUT2D eigenvalue weighted by atomic mass is 10.1. The van der Waals surface area contributed by atoms with Gasteiger partial charge < -0.3 is 29.7 Å². The zero-order chi connectivity index (χ0) is 19.0. The average molecular weight is 370 g/mol. The van der Waals surface area contributed by atoms with Crippen molar-refractivity contribution in [2.75, 3.05) is 13.2 Å². The first-order chi connectivity index (χ1) is 13.0. The Labute approximate surface area is 156 Å². The molecular weight excluding hydrogens is 348 g/mol. The summed E-state index contributed by atoms with van der Waals surface area (Å²) in [4.78, 5) is 15.7. The van der Waals surface area contributed by atoms with Crippen LogP contribution in [0.3, 0.4) is 0 Å². The molecule has 1 fully saturated rings. The van der Waals surface area contributed by atoms with Crippen molar-refractivity contribution in [3.05, 3.63) is 59.2 Å². The summed E-state index contributed by atoms with van der Waals surface area (Å²) in [6, 6.07) is 9.61. The normalized spacial score (nSPS) is 22.4. The van der Waals surface area contributed by atoms with Gasteiger partial charge in [-0.05, 0) is 31.0 Å². The predicted octanol–water partition coefficient (Wildman–Crippen LogP) is 1.83. The van der Waals surface area contributed by atoms with Gasteiger partial charge in [-0.3, -0.25) is 4.79 Å². The lowest BCUT2D eigenvalue weighted by molar-refractivity contribution is 0.0117. The van der Waals surface area contributed by atoms with E-state index in [0.29, 0.717) is 30.0 Å². The van der Waals surface area contributed by atoms with Gasteiger partial charge in [0.1, 0.15) is 29.8 Å². The van der Waals surface area contributed by atoms with Crippen LogP contribution in [0.25, 0.3) is 10.9 Å². The number of aromatic amines is 1. The van der Waals surface area contributed by atoms with Crippen LogP contribution in [0.5, 0.6) is 0 Å². The molecule has 4 N–H and O–H groups in total. The minimum atomic E-state index is -1.06. The molecule has 3 atom stereocenters. The summed E-state index contributed by atoms with van der Waals surface area (Å²) in [6.07, 6.45) is -0.105. The molecule has 1 aliphatic rings. The second kappa shape index (κ2) is 7.19. The fourth-order valence-corrected chi connectivity index (χ4v) is 3.47. The molecule has 3 heterocycles. The Hall–Kier alpha value is -2.61. The van der Waals surface area contributed by atoms with E-state index in [1.54, 1.807) is 13.0 Å². The molecule has 4 rings (SSSR count). The van der Waals surface area contributed by atoms with Gasteiger partial charge in [-0.25, -0.2) is 0 Å². The summed E-state index contributed by atoms with van der Waals surface area (Å²) in [5.74, 6) is 0.556. The Morgan fingerprint density at radius 2 is 2.15 bits per heavy atom. The molecule has 0 bridgehead atoms. The number of furan rings is 1. The van der Waals surface area contributed by atoms with E-state index in [4.69, 9.17) is 9.15 Å². The van der Waals surface area contributed by atoms with Gasteiger partial charge >= 0.3 is 0 Å². The van der Waals surface area contributed by atoms with Crippen LogP contribution in [0.4, 0.5) is 0 Å². The van der Waals surface area contributed by atoms with Crippen LogP contribution >= 0.6 is 0 Å². The molecule has 0 unspecified atom stereocenters. The van der Waals surface area contributed by atoms with Gasteiger partial charge in [0, 0.05) is 23.6 Å². The number of hydrogen-bond acceptors (Lipinski definition) is 5. The van der Waals surface area contributed by atoms with E-state index >= 15 is 0 Å². The number of nitrogens with one attached hydrogen (secondary N) is 2. The highest BCUT2D eigenvalue weighted by molar-refractivity contribution is 5.95. The molecule has 7 heteroatoms. The van der Waals surface area contributed by atoms with Crippen LogP contribution in [0.1, 0.15) is 33.5 Å². The van der Waals surface area contributed by atoms with E-state index < -0.39 is 18.3 Å². The van der Waals surface area contributed by atoms with Crippen molar-refractivity contribution in [3.8, 4) is 0 Å². The number of carbonyl (C=O) groups excluding carboxylic acids is 1. The van der Waals surface area contributed by atoms with Crippen molar-refractivity contribution in [1.29, 1.82) is 0 Å². The molecule has 142 valence electrons. The number of hydrogen-bond donors (Lipinski definition) is 4. The van der Waals surface area contributed by atoms with Gasteiger partial charge in [-0.15, -0.1) is 0 Å². The standard InChI is InChI=1S/C20H22N2O5/c1-11-14(8-17(27-11)19-18(24)16(23)10-26-19)20(25)21-7-6-12-9-22-15-5-3-2-4-13(12)15/h2-5,8-9,16,18-19,22-24H,6-7,10H2,1H3,(H,21,25)/t16-,18-,19+/m1/s1. The fourth-order valence-electron chi connectivity index (χ4n) is 3.47. The maximum atomic E-state index is 12.5. The average Bonchev–Trinajstić information content (AvgIpc) is 3.34. The van der Waals surface area contributed by atoms with Crippen molar-refractivity contribution in [2.24, 2.45) is 0 Å². The van der Waals surface area contributed by atoms with Crippen LogP contribution in [-0.2, 0) is 11.2 Å². The first kappa shape index (κ1) is 17.8. The van der Waals surface area contributed by atoms with Gasteiger partial charge in [-0.1, -0.05) is 18.2 Å². The number of ether oxygens (including phenoxy) is 1. The number of aliphatic hydroxyl groups excluding tert-OH is 2. The maximum absolute atomic E-state index is 12.5. The fraction of sp³-hybridized carbons (Fsp3) is 0.350. The van der Waals surface area contributed by atoms with E-state index in [9.17, 15) is 15.0 Å². The molecule has 7 nitrogen and oxygen atoms in total. The number of rotatable bonds is 5. The van der Waals surface area contributed by atoms with Gasteiger partial charge in [-0.2, -0.15) is 0 Å². The number of aromatic nitrogens is 1. The van der Waals surface area contributed by atoms with Crippen LogP contribution in [-0.4, -0.2) is 46.5 Å². The number of para-hydroxylation sites is 1. The van der Waals surface area contributed by atoms with Crippen molar-refractivity contribution in [3.63, 3.8) is 0 Å². The second-order valence-electron chi connectivity index (χ2n) is 6.80. The first-order valence-corrected chi connectivity index (χ1v) is 8.96. The van der Waals surface area contributed by atoms with Gasteiger partial charge in [0.2, 0.25) is 0 Å². The molecule has 1 aromatic carbocycles. The zero-order valence-corrected chi connectivity index (χ0v) is 14.9. The van der Waals surface area contributed by atoms with Crippen LogP contribution < -0.4 is 5.32 Å². The first-order valence-electron chi connectivity index (χ1n) is 8.96. The van der Waals surface area contributed by atoms with E-state index in [0.717, 1.165) is 16.5 Å². The third-order valence-electron chi connectivity index (χ3n) is 4.97. The molecule has 0 saturated carbocycles. The highest BCUT2D eigenvalue weighted by Crippen LogP contribution is 2.32. The summed E-state index contributed by atoms with van der Waals surface area (Å²) >= 11 is 0. The van der Waals surface area contributed by atoms with Crippen molar-refractivity contribution in [1.82, 2.24) is 10.3 Å². The van der Waals surface area contributed by atoms with E-state index in [-0.39, 0.29) is 12.5 Å².